The lowest BCUT2D eigenvalue weighted by atomic mass is 10.5. The molecule has 0 spiro atoms. The van der Waals surface area contributed by atoms with E-state index in [2.05, 4.69) is 31.9 Å². The van der Waals surface area contributed by atoms with Gasteiger partial charge >= 0.3 is 5.97 Å². The molecule has 0 aliphatic heterocycles. The Balaban J connectivity index is 3.34. The lowest BCUT2D eigenvalue weighted by Gasteiger charge is -1.93. The van der Waals surface area contributed by atoms with E-state index in [1.165, 1.54) is 0 Å². The topological polar surface area (TPSA) is 37.3 Å². The van der Waals surface area contributed by atoms with Crippen molar-refractivity contribution >= 4 is 37.8 Å². The van der Waals surface area contributed by atoms with Gasteiger partial charge in [0.15, 0.2) is 0 Å². The first-order chi connectivity index (χ1) is 3.18. The number of carboxylic acids is 1. The van der Waals surface area contributed by atoms with E-state index in [9.17, 15) is 4.79 Å². The van der Waals surface area contributed by atoms with Crippen LogP contribution in [0.4, 0.5) is 0 Å². The van der Waals surface area contributed by atoms with Crippen LogP contribution in [0.3, 0.4) is 0 Å². The first-order valence-electron chi connectivity index (χ1n) is 1.61. The van der Waals surface area contributed by atoms with Crippen molar-refractivity contribution in [2.75, 3.05) is 5.33 Å². The largest absolute Gasteiger partial charge is 0.480 e. The standard InChI is InChI=1S/C3H4Br2O2/c4-1-2(5)3(6)7/h2H,1H2,(H,6,7)/t2-/m1/s1. The van der Waals surface area contributed by atoms with Crippen LogP contribution in [0.15, 0.2) is 0 Å². The van der Waals surface area contributed by atoms with Crippen molar-refractivity contribution in [3.8, 4) is 0 Å². The molecule has 0 saturated heterocycles. The van der Waals surface area contributed by atoms with Crippen molar-refractivity contribution in [1.29, 1.82) is 0 Å². The zero-order valence-electron chi connectivity index (χ0n) is 3.40. The predicted octanol–water partition coefficient (Wildman–Crippen LogP) is 1.23. The average Bonchev–Trinajstić information content (AvgIpc) is 1.65. The highest BCUT2D eigenvalue weighted by atomic mass is 79.9. The molecule has 0 aliphatic carbocycles. The van der Waals surface area contributed by atoms with E-state index in [0.717, 1.165) is 0 Å². The summed E-state index contributed by atoms with van der Waals surface area (Å²) in [6.07, 6.45) is 0. The molecule has 0 aromatic rings. The fourth-order valence-corrected chi connectivity index (χ4v) is 0.343. The quantitative estimate of drug-likeness (QED) is 0.727. The Kier molecular flexibility index (Phi) is 3.65. The number of aliphatic carboxylic acids is 1. The maximum absolute atomic E-state index is 9.85. The number of hydrogen-bond acceptors (Lipinski definition) is 1. The molecule has 0 unspecified atom stereocenters. The fraction of sp³-hybridized carbons (Fsp3) is 0.667. The predicted molar refractivity (Wildman–Crippen MR) is 34.1 cm³/mol. The zero-order chi connectivity index (χ0) is 5.86. The van der Waals surface area contributed by atoms with Crippen LogP contribution in [0.1, 0.15) is 0 Å². The maximum atomic E-state index is 9.85. The van der Waals surface area contributed by atoms with E-state index in [1.54, 1.807) is 0 Å². The lowest BCUT2D eigenvalue weighted by molar-refractivity contribution is -0.135. The number of hydrogen-bond donors (Lipinski definition) is 1. The second kappa shape index (κ2) is 3.43. The molecule has 0 rings (SSSR count). The lowest BCUT2D eigenvalue weighted by Crippen LogP contribution is -2.12. The van der Waals surface area contributed by atoms with Crippen molar-refractivity contribution in [2.45, 2.75) is 4.83 Å². The van der Waals surface area contributed by atoms with E-state index >= 15 is 0 Å². The Hall–Kier alpha value is 0.430. The summed E-state index contributed by atoms with van der Waals surface area (Å²) in [5.74, 6) is -0.836. The minimum atomic E-state index is -0.836. The van der Waals surface area contributed by atoms with Gasteiger partial charge in [0.25, 0.3) is 0 Å². The minimum Gasteiger partial charge on any atom is -0.480 e. The monoisotopic (exact) mass is 230 g/mol. The van der Waals surface area contributed by atoms with Gasteiger partial charge in [0.1, 0.15) is 4.83 Å². The molecule has 0 heterocycles. The van der Waals surface area contributed by atoms with Crippen molar-refractivity contribution in [3.05, 3.63) is 0 Å². The SMILES string of the molecule is O=C(O)[C@H](Br)CBr. The minimum absolute atomic E-state index is 0.447. The van der Waals surface area contributed by atoms with E-state index < -0.39 is 10.8 Å². The second-order valence-electron chi connectivity index (χ2n) is 0.960. The molecule has 2 nitrogen and oxygen atoms in total. The molecule has 0 fully saturated rings. The van der Waals surface area contributed by atoms with Crippen LogP contribution in [0.25, 0.3) is 0 Å². The van der Waals surface area contributed by atoms with Crippen LogP contribution in [0, 0.1) is 0 Å². The summed E-state index contributed by atoms with van der Waals surface area (Å²) in [7, 11) is 0. The van der Waals surface area contributed by atoms with Gasteiger partial charge in [-0.1, -0.05) is 31.9 Å². The Bertz CT molecular complexity index is 73.3. The molecule has 0 aliphatic rings. The van der Waals surface area contributed by atoms with Gasteiger partial charge in [-0.15, -0.1) is 0 Å². The zero-order valence-corrected chi connectivity index (χ0v) is 6.57. The van der Waals surface area contributed by atoms with Crippen LogP contribution >= 0.6 is 31.9 Å². The Morgan fingerprint density at radius 2 is 2.29 bits per heavy atom. The first kappa shape index (κ1) is 7.43. The van der Waals surface area contributed by atoms with Crippen molar-refractivity contribution in [2.24, 2.45) is 0 Å². The molecule has 1 N–H and O–H groups in total. The number of halogens is 2. The van der Waals surface area contributed by atoms with E-state index in [1.807, 2.05) is 0 Å². The number of alkyl halides is 2. The van der Waals surface area contributed by atoms with Crippen LogP contribution in [0.2, 0.25) is 0 Å². The third-order valence-electron chi connectivity index (χ3n) is 0.403. The van der Waals surface area contributed by atoms with Crippen LogP contribution in [-0.2, 0) is 4.79 Å². The second-order valence-corrected chi connectivity index (χ2v) is 2.71. The van der Waals surface area contributed by atoms with Crippen LogP contribution in [0.5, 0.6) is 0 Å². The number of rotatable bonds is 2. The highest BCUT2D eigenvalue weighted by molar-refractivity contribution is 9.12. The van der Waals surface area contributed by atoms with Gasteiger partial charge in [0.2, 0.25) is 0 Å². The van der Waals surface area contributed by atoms with Gasteiger partial charge in [-0.3, -0.25) is 4.79 Å². The molecule has 4 heteroatoms. The molecule has 7 heavy (non-hydrogen) atoms. The molecule has 42 valence electrons. The summed E-state index contributed by atoms with van der Waals surface area (Å²) in [4.78, 5) is 9.40. The van der Waals surface area contributed by atoms with E-state index in [0.29, 0.717) is 5.33 Å². The highest BCUT2D eigenvalue weighted by Crippen LogP contribution is 2.01. The Morgan fingerprint density at radius 1 is 1.86 bits per heavy atom. The first-order valence-corrected chi connectivity index (χ1v) is 3.65. The van der Waals surface area contributed by atoms with Gasteiger partial charge in [-0.25, -0.2) is 0 Å². The summed E-state index contributed by atoms with van der Waals surface area (Å²) < 4.78 is 0. The van der Waals surface area contributed by atoms with Gasteiger partial charge in [0.05, 0.1) is 0 Å². The summed E-state index contributed by atoms with van der Waals surface area (Å²) >= 11 is 5.88. The van der Waals surface area contributed by atoms with Gasteiger partial charge in [-0.2, -0.15) is 0 Å². The summed E-state index contributed by atoms with van der Waals surface area (Å²) in [5.41, 5.74) is 0. The van der Waals surface area contributed by atoms with E-state index in [4.69, 9.17) is 5.11 Å². The summed E-state index contributed by atoms with van der Waals surface area (Å²) in [5, 5.41) is 8.55. The Labute approximate surface area is 58.2 Å². The highest BCUT2D eigenvalue weighted by Gasteiger charge is 2.08. The molecule has 0 bridgehead atoms. The smallest absolute Gasteiger partial charge is 0.318 e. The molecular formula is C3H4Br2O2. The average molecular weight is 232 g/mol. The molecule has 0 radical (unpaired) electrons. The fourth-order valence-electron chi connectivity index (χ4n) is 0.0660. The molecule has 1 atom stereocenters. The van der Waals surface area contributed by atoms with Crippen molar-refractivity contribution in [1.82, 2.24) is 0 Å². The van der Waals surface area contributed by atoms with Gasteiger partial charge in [0, 0.05) is 5.33 Å². The third-order valence-corrected chi connectivity index (χ3v) is 2.64. The summed E-state index contributed by atoms with van der Waals surface area (Å²) in [6, 6.07) is 0. The van der Waals surface area contributed by atoms with E-state index in [-0.39, 0.29) is 0 Å². The molecule has 0 aromatic heterocycles. The third kappa shape index (κ3) is 3.05. The van der Waals surface area contributed by atoms with Crippen LogP contribution in [-0.4, -0.2) is 21.2 Å². The summed E-state index contributed by atoms with van der Waals surface area (Å²) in [6.45, 7) is 0. The number of carbonyl (C=O) groups is 1. The normalized spacial score (nSPS) is 13.4. The van der Waals surface area contributed by atoms with Crippen molar-refractivity contribution in [3.63, 3.8) is 0 Å². The Morgan fingerprint density at radius 3 is 2.29 bits per heavy atom. The molecule has 0 saturated carbocycles. The maximum Gasteiger partial charge on any atom is 0.318 e. The van der Waals surface area contributed by atoms with Gasteiger partial charge in [-0.05, 0) is 0 Å². The molecule has 0 aromatic carbocycles. The van der Waals surface area contributed by atoms with Crippen LogP contribution < -0.4 is 0 Å². The molecule has 0 amide bonds. The molecular weight excluding hydrogens is 228 g/mol. The van der Waals surface area contributed by atoms with Crippen molar-refractivity contribution < 1.29 is 9.90 Å². The number of carboxylic acid groups (broad SMARTS) is 1. The van der Waals surface area contributed by atoms with Gasteiger partial charge < -0.3 is 5.11 Å².